The number of benzene rings is 2. The van der Waals surface area contributed by atoms with E-state index in [0.717, 1.165) is 0 Å². The Morgan fingerprint density at radius 1 is 1.33 bits per heavy atom. The molecular formula is C17H14BrClFN5O2. The SMILES string of the molecule is Cc1nnnn1-c1ccc(F)c(NC(=O)C(C)Oc2ccc(Cl)cc2Br)c1. The molecule has 10 heteroatoms. The van der Waals surface area contributed by atoms with E-state index < -0.39 is 17.8 Å². The van der Waals surface area contributed by atoms with Crippen LogP contribution in [0.4, 0.5) is 10.1 Å². The fourth-order valence-corrected chi connectivity index (χ4v) is 3.04. The molecule has 0 aliphatic carbocycles. The number of ether oxygens (including phenoxy) is 1. The van der Waals surface area contributed by atoms with Crippen LogP contribution in [0.5, 0.6) is 5.75 Å². The molecule has 140 valence electrons. The molecule has 0 fully saturated rings. The van der Waals surface area contributed by atoms with E-state index in [9.17, 15) is 9.18 Å². The summed E-state index contributed by atoms with van der Waals surface area (Å²) in [6, 6.07) is 9.12. The topological polar surface area (TPSA) is 81.9 Å². The summed E-state index contributed by atoms with van der Waals surface area (Å²) in [6.45, 7) is 3.27. The van der Waals surface area contributed by atoms with Crippen molar-refractivity contribution in [3.05, 3.63) is 57.5 Å². The number of aryl methyl sites for hydroxylation is 1. The van der Waals surface area contributed by atoms with Gasteiger partial charge in [-0.25, -0.2) is 4.39 Å². The first kappa shape index (κ1) is 19.2. The van der Waals surface area contributed by atoms with Gasteiger partial charge in [0.25, 0.3) is 5.91 Å². The fourth-order valence-electron chi connectivity index (χ4n) is 2.26. The molecule has 1 N–H and O–H groups in total. The number of carbonyl (C=O) groups excluding carboxylic acids is 1. The first-order valence-electron chi connectivity index (χ1n) is 7.82. The molecule has 0 aliphatic rings. The average molecular weight is 455 g/mol. The molecule has 2 aromatic carbocycles. The Hall–Kier alpha value is -2.52. The lowest BCUT2D eigenvalue weighted by atomic mass is 10.2. The minimum Gasteiger partial charge on any atom is -0.480 e. The van der Waals surface area contributed by atoms with E-state index in [2.05, 4.69) is 36.8 Å². The normalized spacial score (nSPS) is 11.9. The van der Waals surface area contributed by atoms with E-state index in [1.807, 2.05) is 0 Å². The molecule has 0 radical (unpaired) electrons. The van der Waals surface area contributed by atoms with E-state index in [1.54, 1.807) is 32.0 Å². The molecule has 0 spiro atoms. The zero-order valence-corrected chi connectivity index (χ0v) is 16.6. The second-order valence-corrected chi connectivity index (χ2v) is 6.92. The number of nitrogens with one attached hydrogen (secondary N) is 1. The molecule has 1 aromatic heterocycles. The number of hydrogen-bond donors (Lipinski definition) is 1. The molecule has 0 saturated heterocycles. The highest BCUT2D eigenvalue weighted by molar-refractivity contribution is 9.10. The standard InChI is InChI=1S/C17H14BrClFN5O2/c1-9(27-16-6-3-11(19)7-13(16)18)17(26)21-15-8-12(4-5-14(15)20)25-10(2)22-23-24-25/h3-9H,1-2H3,(H,21,26). The Morgan fingerprint density at radius 3 is 2.78 bits per heavy atom. The van der Waals surface area contributed by atoms with E-state index in [4.69, 9.17) is 16.3 Å². The predicted molar refractivity (Wildman–Crippen MR) is 102 cm³/mol. The number of amides is 1. The zero-order chi connectivity index (χ0) is 19.6. The summed E-state index contributed by atoms with van der Waals surface area (Å²) in [7, 11) is 0. The maximum atomic E-state index is 14.1. The van der Waals surface area contributed by atoms with Crippen molar-refractivity contribution in [2.75, 3.05) is 5.32 Å². The Balaban J connectivity index is 1.76. The van der Waals surface area contributed by atoms with Crippen molar-refractivity contribution < 1.29 is 13.9 Å². The van der Waals surface area contributed by atoms with E-state index in [1.165, 1.54) is 22.9 Å². The zero-order valence-electron chi connectivity index (χ0n) is 14.3. The van der Waals surface area contributed by atoms with Crippen LogP contribution in [-0.4, -0.2) is 32.2 Å². The van der Waals surface area contributed by atoms with Gasteiger partial charge in [0.15, 0.2) is 11.9 Å². The molecule has 3 aromatic rings. The number of tetrazole rings is 1. The molecule has 1 unspecified atom stereocenters. The van der Waals surface area contributed by atoms with Crippen molar-refractivity contribution in [3.63, 3.8) is 0 Å². The van der Waals surface area contributed by atoms with Gasteiger partial charge in [0.2, 0.25) is 0 Å². The van der Waals surface area contributed by atoms with Crippen molar-refractivity contribution >= 4 is 39.1 Å². The van der Waals surface area contributed by atoms with E-state index in [0.29, 0.717) is 26.8 Å². The van der Waals surface area contributed by atoms with Gasteiger partial charge in [-0.2, -0.15) is 4.68 Å². The van der Waals surface area contributed by atoms with Gasteiger partial charge in [-0.05, 0) is 76.6 Å². The van der Waals surface area contributed by atoms with Gasteiger partial charge in [0.1, 0.15) is 11.6 Å². The van der Waals surface area contributed by atoms with Crippen LogP contribution in [0.2, 0.25) is 5.02 Å². The third kappa shape index (κ3) is 4.42. The molecule has 0 aliphatic heterocycles. The van der Waals surface area contributed by atoms with Crippen molar-refractivity contribution in [1.29, 1.82) is 0 Å². The lowest BCUT2D eigenvalue weighted by Crippen LogP contribution is -2.30. The lowest BCUT2D eigenvalue weighted by molar-refractivity contribution is -0.122. The molecule has 3 rings (SSSR count). The highest BCUT2D eigenvalue weighted by Gasteiger charge is 2.18. The van der Waals surface area contributed by atoms with Crippen molar-refractivity contribution in [3.8, 4) is 11.4 Å². The van der Waals surface area contributed by atoms with Crippen LogP contribution in [0.1, 0.15) is 12.7 Å². The molecular weight excluding hydrogens is 441 g/mol. The van der Waals surface area contributed by atoms with Gasteiger partial charge in [-0.15, -0.1) is 5.10 Å². The summed E-state index contributed by atoms with van der Waals surface area (Å²) in [5, 5.41) is 14.2. The molecule has 1 atom stereocenters. The minimum atomic E-state index is -0.875. The molecule has 1 amide bonds. The molecule has 1 heterocycles. The Kier molecular flexibility index (Phi) is 5.71. The Bertz CT molecular complexity index is 997. The van der Waals surface area contributed by atoms with Gasteiger partial charge in [-0.1, -0.05) is 11.6 Å². The van der Waals surface area contributed by atoms with Gasteiger partial charge < -0.3 is 10.1 Å². The van der Waals surface area contributed by atoms with Gasteiger partial charge in [-0.3, -0.25) is 4.79 Å². The third-order valence-electron chi connectivity index (χ3n) is 3.64. The van der Waals surface area contributed by atoms with Crippen LogP contribution in [-0.2, 0) is 4.79 Å². The monoisotopic (exact) mass is 453 g/mol. The summed E-state index contributed by atoms with van der Waals surface area (Å²) in [5.41, 5.74) is 0.515. The second-order valence-electron chi connectivity index (χ2n) is 5.63. The number of anilines is 1. The van der Waals surface area contributed by atoms with Crippen LogP contribution in [0.25, 0.3) is 5.69 Å². The second kappa shape index (κ2) is 8.01. The summed E-state index contributed by atoms with van der Waals surface area (Å²) < 4.78 is 21.8. The number of halogens is 3. The first-order valence-corrected chi connectivity index (χ1v) is 8.99. The molecule has 27 heavy (non-hydrogen) atoms. The fraction of sp³-hybridized carbons (Fsp3) is 0.176. The smallest absolute Gasteiger partial charge is 0.265 e. The maximum Gasteiger partial charge on any atom is 0.265 e. The van der Waals surface area contributed by atoms with Crippen LogP contribution in [0, 0.1) is 12.7 Å². The predicted octanol–water partition coefficient (Wildman–Crippen LogP) is 3.93. The first-order chi connectivity index (χ1) is 12.8. The van der Waals surface area contributed by atoms with E-state index in [-0.39, 0.29) is 5.69 Å². The van der Waals surface area contributed by atoms with Crippen molar-refractivity contribution in [1.82, 2.24) is 20.2 Å². The number of nitrogens with zero attached hydrogens (tertiary/aromatic N) is 4. The quantitative estimate of drug-likeness (QED) is 0.632. The van der Waals surface area contributed by atoms with Gasteiger partial charge in [0.05, 0.1) is 15.8 Å². The average Bonchev–Trinajstić information content (AvgIpc) is 3.05. The molecule has 0 bridgehead atoms. The number of carbonyl (C=O) groups is 1. The van der Waals surface area contributed by atoms with Gasteiger partial charge >= 0.3 is 0 Å². The van der Waals surface area contributed by atoms with Gasteiger partial charge in [0, 0.05) is 5.02 Å². The van der Waals surface area contributed by atoms with Crippen molar-refractivity contribution in [2.24, 2.45) is 0 Å². The highest BCUT2D eigenvalue weighted by Crippen LogP contribution is 2.29. The van der Waals surface area contributed by atoms with Crippen LogP contribution in [0.15, 0.2) is 40.9 Å². The number of rotatable bonds is 5. The summed E-state index contributed by atoms with van der Waals surface area (Å²) >= 11 is 9.21. The Morgan fingerprint density at radius 2 is 2.11 bits per heavy atom. The maximum absolute atomic E-state index is 14.1. The molecule has 7 nitrogen and oxygen atoms in total. The highest BCUT2D eigenvalue weighted by atomic mass is 79.9. The summed E-state index contributed by atoms with van der Waals surface area (Å²) in [4.78, 5) is 12.4. The summed E-state index contributed by atoms with van der Waals surface area (Å²) in [5.74, 6) is -0.122. The van der Waals surface area contributed by atoms with Crippen LogP contribution >= 0.6 is 27.5 Å². The Labute approximate surface area is 167 Å². The minimum absolute atomic E-state index is 0.00183. The van der Waals surface area contributed by atoms with Crippen LogP contribution < -0.4 is 10.1 Å². The molecule has 0 saturated carbocycles. The van der Waals surface area contributed by atoms with E-state index >= 15 is 0 Å². The summed E-state index contributed by atoms with van der Waals surface area (Å²) in [6.07, 6.45) is -0.875. The number of aromatic nitrogens is 4. The largest absolute Gasteiger partial charge is 0.480 e. The lowest BCUT2D eigenvalue weighted by Gasteiger charge is -2.16. The van der Waals surface area contributed by atoms with Crippen LogP contribution in [0.3, 0.4) is 0 Å². The third-order valence-corrected chi connectivity index (χ3v) is 4.50. The van der Waals surface area contributed by atoms with Crippen molar-refractivity contribution in [2.45, 2.75) is 20.0 Å². The number of hydrogen-bond acceptors (Lipinski definition) is 5.